The third-order valence-electron chi connectivity index (χ3n) is 6.05. The van der Waals surface area contributed by atoms with Crippen molar-refractivity contribution in [2.45, 2.75) is 52.9 Å². The number of para-hydroxylation sites is 1. The normalized spacial score (nSPS) is 13.2. The maximum Gasteiger partial charge on any atom is 0.330 e. The molecule has 8 heteroatoms. The van der Waals surface area contributed by atoms with Crippen molar-refractivity contribution >= 4 is 33.8 Å². The van der Waals surface area contributed by atoms with Crippen LogP contribution in [0.25, 0.3) is 22.0 Å². The van der Waals surface area contributed by atoms with Crippen LogP contribution >= 0.6 is 0 Å². The van der Waals surface area contributed by atoms with Gasteiger partial charge in [0.25, 0.3) is 11.3 Å². The van der Waals surface area contributed by atoms with Gasteiger partial charge in [-0.1, -0.05) is 62.4 Å². The lowest BCUT2D eigenvalue weighted by atomic mass is 10.0. The summed E-state index contributed by atoms with van der Waals surface area (Å²) >= 11 is -2.42. The Morgan fingerprint density at radius 2 is 1.54 bits per heavy atom. The minimum Gasteiger partial charge on any atom is -0.487 e. The lowest BCUT2D eigenvalue weighted by molar-refractivity contribution is -0.157. The summed E-state index contributed by atoms with van der Waals surface area (Å²) in [7, 11) is 0. The van der Waals surface area contributed by atoms with Crippen molar-refractivity contribution < 1.29 is 23.0 Å². The Kier molecular flexibility index (Phi) is 8.67. The monoisotopic (exact) mass is 546 g/mol. The topological polar surface area (TPSA) is 89.0 Å². The summed E-state index contributed by atoms with van der Waals surface area (Å²) in [5, 5.41) is 1.09. The first-order valence-electron chi connectivity index (χ1n) is 12.8. The Balaban J connectivity index is 1.46. The summed E-state index contributed by atoms with van der Waals surface area (Å²) in [5.41, 5.74) is 3.41. The van der Waals surface area contributed by atoms with Gasteiger partial charge in [-0.25, -0.2) is 14.0 Å². The van der Waals surface area contributed by atoms with Gasteiger partial charge >= 0.3 is 5.97 Å². The van der Waals surface area contributed by atoms with Crippen molar-refractivity contribution in [1.82, 2.24) is 4.98 Å². The molecular formula is C31H34N2O5S. The molecule has 2 atom stereocenters. The first kappa shape index (κ1) is 28.3. The second-order valence-corrected chi connectivity index (χ2v) is 11.5. The molecule has 0 saturated heterocycles. The largest absolute Gasteiger partial charge is 0.487 e. The quantitative estimate of drug-likeness (QED) is 0.184. The molecule has 3 aromatic carbocycles. The van der Waals surface area contributed by atoms with Gasteiger partial charge in [-0.15, -0.1) is 0 Å². The van der Waals surface area contributed by atoms with Gasteiger partial charge in [0, 0.05) is 5.39 Å². The van der Waals surface area contributed by atoms with Gasteiger partial charge < -0.3 is 9.47 Å². The number of ether oxygens (including phenoxy) is 2. The summed E-state index contributed by atoms with van der Waals surface area (Å²) in [6.07, 6.45) is 0. The molecule has 1 heterocycles. The molecule has 4 rings (SSSR count). The molecule has 0 aliphatic carbocycles. The van der Waals surface area contributed by atoms with E-state index < -0.39 is 28.9 Å². The Bertz CT molecular complexity index is 1450. The second kappa shape index (κ2) is 12.0. The lowest BCUT2D eigenvalue weighted by Crippen LogP contribution is -2.48. The number of anilines is 1. The van der Waals surface area contributed by atoms with E-state index in [1.165, 1.54) is 4.31 Å². The van der Waals surface area contributed by atoms with Crippen LogP contribution in [0.5, 0.6) is 5.75 Å². The first-order valence-corrected chi connectivity index (χ1v) is 13.9. The van der Waals surface area contributed by atoms with E-state index >= 15 is 0 Å². The first-order chi connectivity index (χ1) is 18.5. The Hall–Kier alpha value is -3.75. The van der Waals surface area contributed by atoms with Gasteiger partial charge in [0.1, 0.15) is 24.0 Å². The lowest BCUT2D eigenvalue weighted by Gasteiger charge is -2.33. The van der Waals surface area contributed by atoms with Crippen LogP contribution in [0.3, 0.4) is 0 Å². The number of benzene rings is 3. The molecule has 0 aliphatic heterocycles. The molecule has 0 spiro atoms. The number of carbonyl (C=O) groups is 1. The van der Waals surface area contributed by atoms with Crippen molar-refractivity contribution in [2.75, 3.05) is 4.31 Å². The minimum atomic E-state index is -2.42. The smallest absolute Gasteiger partial charge is 0.330 e. The fourth-order valence-corrected chi connectivity index (χ4v) is 5.06. The Labute approximate surface area is 232 Å². The molecule has 0 aliphatic rings. The van der Waals surface area contributed by atoms with E-state index in [-0.39, 0.29) is 5.92 Å². The maximum atomic E-state index is 12.9. The summed E-state index contributed by atoms with van der Waals surface area (Å²) in [4.78, 5) is 17.6. The molecule has 39 heavy (non-hydrogen) atoms. The predicted octanol–water partition coefficient (Wildman–Crippen LogP) is 6.79. The van der Waals surface area contributed by atoms with E-state index in [0.29, 0.717) is 12.3 Å². The number of rotatable bonds is 9. The van der Waals surface area contributed by atoms with Crippen LogP contribution < -0.4 is 9.04 Å². The number of nitrogens with zero attached hydrogens (tertiary/aromatic N) is 2. The highest BCUT2D eigenvalue weighted by Gasteiger charge is 2.36. The van der Waals surface area contributed by atoms with Crippen LogP contribution in [-0.2, 0) is 27.4 Å². The van der Waals surface area contributed by atoms with Crippen molar-refractivity contribution in [3.05, 3.63) is 90.6 Å². The third-order valence-corrected chi connectivity index (χ3v) is 6.83. The number of carbonyl (C=O) groups excluding carboxylic acids is 1. The highest BCUT2D eigenvalue weighted by atomic mass is 32.2. The van der Waals surface area contributed by atoms with Gasteiger partial charge in [0.15, 0.2) is 0 Å². The number of hydrogen-bond acceptors (Lipinski definition) is 5. The molecule has 0 amide bonds. The fourth-order valence-electron chi connectivity index (χ4n) is 4.24. The van der Waals surface area contributed by atoms with Crippen LogP contribution in [0.2, 0.25) is 0 Å². The molecule has 4 aromatic rings. The van der Waals surface area contributed by atoms with Gasteiger partial charge in [-0.2, -0.15) is 0 Å². The van der Waals surface area contributed by atoms with Crippen LogP contribution in [0.4, 0.5) is 5.69 Å². The average molecular weight is 547 g/mol. The third kappa shape index (κ3) is 7.22. The number of hydrogen-bond donors (Lipinski definition) is 1. The highest BCUT2D eigenvalue weighted by Crippen LogP contribution is 2.29. The van der Waals surface area contributed by atoms with Crippen LogP contribution in [-0.4, -0.2) is 31.4 Å². The van der Waals surface area contributed by atoms with Crippen LogP contribution in [0, 0.1) is 5.92 Å². The summed E-state index contributed by atoms with van der Waals surface area (Å²) in [5.74, 6) is -0.0734. The summed E-state index contributed by atoms with van der Waals surface area (Å²) in [6, 6.07) is 26.0. The van der Waals surface area contributed by atoms with E-state index in [1.54, 1.807) is 32.9 Å². The molecule has 204 valence electrons. The second-order valence-electron chi connectivity index (χ2n) is 10.6. The minimum absolute atomic E-state index is 0.257. The zero-order valence-corrected chi connectivity index (χ0v) is 23.6. The number of esters is 1. The van der Waals surface area contributed by atoms with Gasteiger partial charge in [-0.05, 0) is 74.2 Å². The standard InChI is InChI=1S/C31H34N2O5S/c1-21(2)29(30(34)38-31(3,4)5)33(39(35)36)26-16-11-22(12-17-26)23-13-18-27(19-14-23)37-20-25-15-10-24-8-6-7-9-28(24)32-25/h6-19,21,29H,20H2,1-5H3,(H,35,36). The molecule has 2 unspecified atom stereocenters. The fraction of sp³-hybridized carbons (Fsp3) is 0.290. The highest BCUT2D eigenvalue weighted by molar-refractivity contribution is 7.80. The van der Waals surface area contributed by atoms with Crippen molar-refractivity contribution in [2.24, 2.45) is 5.92 Å². The molecule has 7 nitrogen and oxygen atoms in total. The zero-order valence-electron chi connectivity index (χ0n) is 22.8. The molecule has 1 N–H and O–H groups in total. The maximum absolute atomic E-state index is 12.9. The SMILES string of the molecule is CC(C)C(C(=O)OC(C)(C)C)N(c1ccc(-c2ccc(OCc3ccc4ccccc4n3)cc2)cc1)S(=O)O. The summed E-state index contributed by atoms with van der Waals surface area (Å²) < 4.78 is 35.1. The number of aromatic nitrogens is 1. The Morgan fingerprint density at radius 1 is 0.923 bits per heavy atom. The average Bonchev–Trinajstić information content (AvgIpc) is 2.89. The van der Waals surface area contributed by atoms with Gasteiger partial charge in [-0.3, -0.25) is 8.86 Å². The molecule has 0 saturated carbocycles. The van der Waals surface area contributed by atoms with Gasteiger partial charge in [0.2, 0.25) is 0 Å². The van der Waals surface area contributed by atoms with Gasteiger partial charge in [0.05, 0.1) is 16.9 Å². The molecule has 0 fully saturated rings. The van der Waals surface area contributed by atoms with Crippen molar-refractivity contribution in [3.63, 3.8) is 0 Å². The molecule has 0 radical (unpaired) electrons. The molecule has 1 aromatic heterocycles. The van der Waals surface area contributed by atoms with Crippen LogP contribution in [0.15, 0.2) is 84.9 Å². The van der Waals surface area contributed by atoms with Crippen molar-refractivity contribution in [3.8, 4) is 16.9 Å². The van der Waals surface area contributed by atoms with E-state index in [9.17, 15) is 13.6 Å². The predicted molar refractivity (Wildman–Crippen MR) is 156 cm³/mol. The van der Waals surface area contributed by atoms with Crippen LogP contribution in [0.1, 0.15) is 40.3 Å². The number of fused-ring (bicyclic) bond motifs is 1. The number of pyridine rings is 1. The zero-order chi connectivity index (χ0) is 28.2. The Morgan fingerprint density at radius 3 is 2.13 bits per heavy atom. The van der Waals surface area contributed by atoms with E-state index in [1.807, 2.05) is 86.6 Å². The summed E-state index contributed by atoms with van der Waals surface area (Å²) in [6.45, 7) is 9.32. The molecular weight excluding hydrogens is 512 g/mol. The van der Waals surface area contributed by atoms with Crippen molar-refractivity contribution in [1.29, 1.82) is 0 Å². The van der Waals surface area contributed by atoms with E-state index in [2.05, 4.69) is 4.98 Å². The van der Waals surface area contributed by atoms with E-state index in [0.717, 1.165) is 33.5 Å². The molecule has 0 bridgehead atoms. The van der Waals surface area contributed by atoms with E-state index in [4.69, 9.17) is 9.47 Å².